The van der Waals surface area contributed by atoms with E-state index in [0.717, 1.165) is 0 Å². The summed E-state index contributed by atoms with van der Waals surface area (Å²) in [6.45, 7) is 1.91. The molecular formula is C16H15N3O3. The van der Waals surface area contributed by atoms with Crippen molar-refractivity contribution in [2.24, 2.45) is 11.3 Å². The number of hydrogen-bond donors (Lipinski definition) is 0. The number of nitriles is 2. The summed E-state index contributed by atoms with van der Waals surface area (Å²) in [5.41, 5.74) is -0.669. The van der Waals surface area contributed by atoms with E-state index in [-0.39, 0.29) is 11.6 Å². The molecule has 1 aromatic rings. The molecule has 0 bridgehead atoms. The molecular weight excluding hydrogens is 282 g/mol. The number of benzene rings is 1. The van der Waals surface area contributed by atoms with Gasteiger partial charge in [-0.1, -0.05) is 31.2 Å². The van der Waals surface area contributed by atoms with E-state index in [1.165, 1.54) is 19.2 Å². The molecule has 0 spiro atoms. The number of non-ortho nitro benzene ring substituents is 1. The minimum Gasteiger partial charge on any atom is -0.375 e. The lowest BCUT2D eigenvalue weighted by Crippen LogP contribution is -2.43. The Morgan fingerprint density at radius 3 is 2.27 bits per heavy atom. The maximum absolute atomic E-state index is 10.8. The minimum absolute atomic E-state index is 0.0226. The second kappa shape index (κ2) is 5.97. The van der Waals surface area contributed by atoms with Crippen LogP contribution < -0.4 is 0 Å². The minimum atomic E-state index is -1.36. The van der Waals surface area contributed by atoms with Crippen molar-refractivity contribution >= 4 is 5.69 Å². The predicted molar refractivity (Wildman–Crippen MR) is 78.6 cm³/mol. The molecule has 0 fully saturated rings. The van der Waals surface area contributed by atoms with Gasteiger partial charge < -0.3 is 4.74 Å². The van der Waals surface area contributed by atoms with E-state index in [2.05, 4.69) is 12.1 Å². The topological polar surface area (TPSA) is 99.9 Å². The second-order valence-electron chi connectivity index (χ2n) is 5.32. The number of ether oxygens (including phenoxy) is 1. The normalized spacial score (nSPS) is 25.9. The molecule has 0 aromatic heterocycles. The van der Waals surface area contributed by atoms with E-state index >= 15 is 0 Å². The zero-order valence-corrected chi connectivity index (χ0v) is 12.3. The molecule has 1 aromatic carbocycles. The van der Waals surface area contributed by atoms with Crippen LogP contribution in [-0.2, 0) is 4.74 Å². The number of methoxy groups -OCH3 is 1. The lowest BCUT2D eigenvalue weighted by Gasteiger charge is -2.39. The molecule has 0 aliphatic heterocycles. The molecule has 0 N–H and O–H groups in total. The largest absolute Gasteiger partial charge is 0.375 e. The average molecular weight is 297 g/mol. The Morgan fingerprint density at radius 2 is 1.82 bits per heavy atom. The Kier molecular flexibility index (Phi) is 4.25. The first-order valence-corrected chi connectivity index (χ1v) is 6.78. The fourth-order valence-electron chi connectivity index (χ4n) is 3.06. The van der Waals surface area contributed by atoms with Gasteiger partial charge >= 0.3 is 0 Å². The summed E-state index contributed by atoms with van der Waals surface area (Å²) < 4.78 is 5.31. The first-order chi connectivity index (χ1) is 10.5. The highest BCUT2D eigenvalue weighted by molar-refractivity contribution is 5.42. The van der Waals surface area contributed by atoms with Gasteiger partial charge in [0.15, 0.2) is 5.41 Å². The average Bonchev–Trinajstić information content (AvgIpc) is 2.54. The van der Waals surface area contributed by atoms with Crippen LogP contribution in [0.25, 0.3) is 0 Å². The SMILES string of the molecule is CO[C@@H]1C=C[C@@H](C)[C@@H](c2ccc([N+](=O)[O-])cc2)C1(C#N)C#N. The van der Waals surface area contributed by atoms with E-state index in [1.54, 1.807) is 18.2 Å². The zero-order chi connectivity index (χ0) is 16.3. The summed E-state index contributed by atoms with van der Waals surface area (Å²) in [7, 11) is 1.46. The Labute approximate surface area is 128 Å². The lowest BCUT2D eigenvalue weighted by atomic mass is 9.62. The van der Waals surface area contributed by atoms with Gasteiger partial charge in [0.2, 0.25) is 0 Å². The molecule has 112 valence electrons. The van der Waals surface area contributed by atoms with Crippen molar-refractivity contribution in [3.8, 4) is 12.1 Å². The van der Waals surface area contributed by atoms with Crippen molar-refractivity contribution in [2.45, 2.75) is 18.9 Å². The summed E-state index contributed by atoms with van der Waals surface area (Å²) in [6.07, 6.45) is 3.01. The summed E-state index contributed by atoms with van der Waals surface area (Å²) in [5, 5.41) is 30.0. The Bertz CT molecular complexity index is 668. The van der Waals surface area contributed by atoms with Gasteiger partial charge in [-0.15, -0.1) is 0 Å². The molecule has 0 amide bonds. The number of rotatable bonds is 3. The monoisotopic (exact) mass is 297 g/mol. The first-order valence-electron chi connectivity index (χ1n) is 6.78. The van der Waals surface area contributed by atoms with Crippen LogP contribution in [0, 0.1) is 44.1 Å². The zero-order valence-electron chi connectivity index (χ0n) is 12.3. The van der Waals surface area contributed by atoms with Gasteiger partial charge in [-0.25, -0.2) is 0 Å². The first kappa shape index (κ1) is 15.7. The third kappa shape index (κ3) is 2.34. The molecule has 1 aliphatic rings. The van der Waals surface area contributed by atoms with Crippen molar-refractivity contribution in [3.63, 3.8) is 0 Å². The van der Waals surface area contributed by atoms with Crippen LogP contribution in [0.4, 0.5) is 5.69 Å². The van der Waals surface area contributed by atoms with Gasteiger partial charge in [0.05, 0.1) is 17.1 Å². The molecule has 0 heterocycles. The Balaban J connectivity index is 2.55. The maximum atomic E-state index is 10.8. The highest BCUT2D eigenvalue weighted by Crippen LogP contribution is 2.48. The molecule has 1 aliphatic carbocycles. The Hall–Kier alpha value is -2.70. The fraction of sp³-hybridized carbons (Fsp3) is 0.375. The lowest BCUT2D eigenvalue weighted by molar-refractivity contribution is -0.384. The summed E-state index contributed by atoms with van der Waals surface area (Å²) >= 11 is 0. The van der Waals surface area contributed by atoms with Crippen molar-refractivity contribution in [3.05, 3.63) is 52.1 Å². The van der Waals surface area contributed by atoms with E-state index < -0.39 is 22.4 Å². The molecule has 0 saturated carbocycles. The van der Waals surface area contributed by atoms with Crippen molar-refractivity contribution in [1.29, 1.82) is 10.5 Å². The number of allylic oxidation sites excluding steroid dienone is 1. The van der Waals surface area contributed by atoms with Crippen LogP contribution in [0.15, 0.2) is 36.4 Å². The molecule has 3 atom stereocenters. The van der Waals surface area contributed by atoms with Crippen LogP contribution in [-0.4, -0.2) is 18.1 Å². The smallest absolute Gasteiger partial charge is 0.269 e. The third-order valence-corrected chi connectivity index (χ3v) is 4.14. The molecule has 6 nitrogen and oxygen atoms in total. The number of nitrogens with zero attached hydrogens (tertiary/aromatic N) is 3. The van der Waals surface area contributed by atoms with Crippen molar-refractivity contribution in [2.75, 3.05) is 7.11 Å². The quantitative estimate of drug-likeness (QED) is 0.485. The number of nitro benzene ring substituents is 1. The summed E-state index contributed by atoms with van der Waals surface area (Å²) in [6, 6.07) is 10.2. The predicted octanol–water partition coefficient (Wildman–Crippen LogP) is 2.93. The van der Waals surface area contributed by atoms with Crippen LogP contribution in [0.1, 0.15) is 18.4 Å². The molecule has 0 radical (unpaired) electrons. The summed E-state index contributed by atoms with van der Waals surface area (Å²) in [5.74, 6) is -0.481. The van der Waals surface area contributed by atoms with Gasteiger partial charge in [0.1, 0.15) is 6.10 Å². The fourth-order valence-corrected chi connectivity index (χ4v) is 3.06. The second-order valence-corrected chi connectivity index (χ2v) is 5.32. The van der Waals surface area contributed by atoms with Crippen molar-refractivity contribution < 1.29 is 9.66 Å². The van der Waals surface area contributed by atoms with Gasteiger partial charge in [-0.05, 0) is 11.5 Å². The van der Waals surface area contributed by atoms with Gasteiger partial charge in [-0.3, -0.25) is 10.1 Å². The molecule has 0 saturated heterocycles. The summed E-state index contributed by atoms with van der Waals surface area (Å²) in [4.78, 5) is 10.3. The van der Waals surface area contributed by atoms with Gasteiger partial charge in [-0.2, -0.15) is 10.5 Å². The molecule has 2 rings (SSSR count). The van der Waals surface area contributed by atoms with Gasteiger partial charge in [0.25, 0.3) is 5.69 Å². The van der Waals surface area contributed by atoms with Crippen LogP contribution in [0.5, 0.6) is 0 Å². The van der Waals surface area contributed by atoms with Crippen LogP contribution in [0.2, 0.25) is 0 Å². The van der Waals surface area contributed by atoms with Crippen LogP contribution in [0.3, 0.4) is 0 Å². The molecule has 0 unspecified atom stereocenters. The van der Waals surface area contributed by atoms with E-state index in [4.69, 9.17) is 4.74 Å². The van der Waals surface area contributed by atoms with E-state index in [1.807, 2.05) is 13.0 Å². The molecule has 6 heteroatoms. The maximum Gasteiger partial charge on any atom is 0.269 e. The highest BCUT2D eigenvalue weighted by atomic mass is 16.6. The molecule has 22 heavy (non-hydrogen) atoms. The van der Waals surface area contributed by atoms with E-state index in [9.17, 15) is 20.6 Å². The number of nitro groups is 1. The Morgan fingerprint density at radius 1 is 1.23 bits per heavy atom. The van der Waals surface area contributed by atoms with Gasteiger partial charge in [0, 0.05) is 25.2 Å². The highest BCUT2D eigenvalue weighted by Gasteiger charge is 2.51. The van der Waals surface area contributed by atoms with E-state index in [0.29, 0.717) is 5.56 Å². The number of hydrogen-bond acceptors (Lipinski definition) is 5. The van der Waals surface area contributed by atoms with Crippen molar-refractivity contribution in [1.82, 2.24) is 0 Å². The third-order valence-electron chi connectivity index (χ3n) is 4.14. The van der Waals surface area contributed by atoms with Crippen LogP contribution >= 0.6 is 0 Å². The standard InChI is InChI=1S/C16H15N3O3/c1-11-3-8-14(22-2)16(9-17,10-18)15(11)12-4-6-13(7-5-12)19(20)21/h3-8,11,14-15H,1-2H3/t11-,14-,15+/m1/s1.